The summed E-state index contributed by atoms with van der Waals surface area (Å²) in [6.45, 7) is 6.54. The van der Waals surface area contributed by atoms with Crippen molar-refractivity contribution < 1.29 is 0 Å². The zero-order valence-corrected chi connectivity index (χ0v) is 20.3. The van der Waals surface area contributed by atoms with Crippen LogP contribution in [0.1, 0.15) is 70.8 Å². The van der Waals surface area contributed by atoms with Gasteiger partial charge in [-0.1, -0.05) is 6.92 Å². The Morgan fingerprint density at radius 2 is 1.91 bits per heavy atom. The molecular formula is C27H40N6. The van der Waals surface area contributed by atoms with Gasteiger partial charge in [-0.3, -0.25) is 20.3 Å². The van der Waals surface area contributed by atoms with Gasteiger partial charge in [0.15, 0.2) is 0 Å². The molecule has 1 saturated heterocycles. The van der Waals surface area contributed by atoms with Gasteiger partial charge >= 0.3 is 0 Å². The molecule has 0 amide bonds. The molecule has 1 unspecified atom stereocenters. The Kier molecular flexibility index (Phi) is 8.32. The number of anilines is 1. The highest BCUT2D eigenvalue weighted by atomic mass is 15.1. The van der Waals surface area contributed by atoms with Gasteiger partial charge in [-0.15, -0.1) is 0 Å². The molecule has 2 aromatic rings. The van der Waals surface area contributed by atoms with E-state index in [1.54, 1.807) is 6.20 Å². The van der Waals surface area contributed by atoms with Gasteiger partial charge in [0.2, 0.25) is 0 Å². The van der Waals surface area contributed by atoms with Crippen LogP contribution >= 0.6 is 0 Å². The van der Waals surface area contributed by atoms with Crippen molar-refractivity contribution in [3.63, 3.8) is 0 Å². The highest BCUT2D eigenvalue weighted by Crippen LogP contribution is 2.32. The Balaban J connectivity index is 1.37. The van der Waals surface area contributed by atoms with Gasteiger partial charge in [-0.25, -0.2) is 0 Å². The molecule has 2 heterocycles. The molecule has 1 aliphatic heterocycles. The van der Waals surface area contributed by atoms with E-state index < -0.39 is 0 Å². The Hall–Kier alpha value is -2.47. The number of hydrogen-bond donors (Lipinski definition) is 2. The molecule has 6 heteroatoms. The average Bonchev–Trinajstić information content (AvgIpc) is 2.86. The van der Waals surface area contributed by atoms with Crippen molar-refractivity contribution in [2.45, 2.75) is 83.8 Å². The number of nitrogens with zero attached hydrogens (tertiary/aromatic N) is 4. The van der Waals surface area contributed by atoms with Crippen molar-refractivity contribution in [2.75, 3.05) is 18.0 Å². The standard InChI is InChI=1S/C27H40N6/c1-3-21(18-28)19-31-20(2)32-24-9-7-22(8-10-24)15-23-16-25(33-13-5-4-6-14-33)17-26-27(23)30-12-11-29-26/h11-12,16-20,22,24,32H,3-10,13-15,28H2,1-2H3/b21-18-,31-19?. The van der Waals surface area contributed by atoms with Crippen molar-refractivity contribution in [1.29, 1.82) is 0 Å². The quantitative estimate of drug-likeness (QED) is 0.557. The fourth-order valence-electron chi connectivity index (χ4n) is 5.31. The number of fused-ring (bicyclic) bond motifs is 1. The zero-order valence-electron chi connectivity index (χ0n) is 20.3. The number of aromatic nitrogens is 2. The van der Waals surface area contributed by atoms with Crippen molar-refractivity contribution >= 4 is 22.9 Å². The first-order valence-electron chi connectivity index (χ1n) is 12.8. The molecule has 1 saturated carbocycles. The molecule has 2 aliphatic rings. The van der Waals surface area contributed by atoms with E-state index in [9.17, 15) is 0 Å². The third-order valence-electron chi connectivity index (χ3n) is 7.28. The smallest absolute Gasteiger partial charge is 0.0967 e. The lowest BCUT2D eigenvalue weighted by molar-refractivity contribution is 0.278. The minimum absolute atomic E-state index is 0.119. The second kappa shape index (κ2) is 11.6. The molecule has 6 nitrogen and oxygen atoms in total. The lowest BCUT2D eigenvalue weighted by atomic mass is 9.82. The van der Waals surface area contributed by atoms with Gasteiger partial charge in [-0.2, -0.15) is 0 Å². The minimum Gasteiger partial charge on any atom is -0.404 e. The number of nitrogens with two attached hydrogens (primary N) is 1. The van der Waals surface area contributed by atoms with Crippen LogP contribution in [0.4, 0.5) is 5.69 Å². The van der Waals surface area contributed by atoms with Crippen molar-refractivity contribution in [1.82, 2.24) is 15.3 Å². The first kappa shape index (κ1) is 23.7. The predicted octanol–water partition coefficient (Wildman–Crippen LogP) is 4.98. The predicted molar refractivity (Wildman–Crippen MR) is 139 cm³/mol. The first-order chi connectivity index (χ1) is 16.2. The largest absolute Gasteiger partial charge is 0.404 e. The van der Waals surface area contributed by atoms with Crippen LogP contribution in [0.15, 0.2) is 41.3 Å². The summed E-state index contributed by atoms with van der Waals surface area (Å²) in [7, 11) is 0. The molecule has 3 N–H and O–H groups in total. The maximum Gasteiger partial charge on any atom is 0.0967 e. The Morgan fingerprint density at radius 3 is 2.64 bits per heavy atom. The Bertz CT molecular complexity index is 954. The van der Waals surface area contributed by atoms with Gasteiger partial charge in [-0.05, 0) is 100 Å². The van der Waals surface area contributed by atoms with Crippen molar-refractivity contribution in [2.24, 2.45) is 16.6 Å². The van der Waals surface area contributed by atoms with Gasteiger partial charge in [0.1, 0.15) is 0 Å². The first-order valence-corrected chi connectivity index (χ1v) is 12.8. The van der Waals surface area contributed by atoms with Crippen LogP contribution in [-0.4, -0.2) is 41.5 Å². The van der Waals surface area contributed by atoms with Crippen LogP contribution in [0.2, 0.25) is 0 Å². The van der Waals surface area contributed by atoms with Crippen LogP contribution in [0, 0.1) is 5.92 Å². The van der Waals surface area contributed by atoms with E-state index in [4.69, 9.17) is 10.7 Å². The Labute approximate surface area is 198 Å². The van der Waals surface area contributed by atoms with Gasteiger partial charge < -0.3 is 10.6 Å². The summed E-state index contributed by atoms with van der Waals surface area (Å²) in [5, 5.41) is 3.69. The van der Waals surface area contributed by atoms with E-state index in [0.29, 0.717) is 12.0 Å². The molecule has 4 rings (SSSR count). The highest BCUT2D eigenvalue weighted by Gasteiger charge is 2.24. The molecule has 1 aromatic heterocycles. The molecule has 33 heavy (non-hydrogen) atoms. The summed E-state index contributed by atoms with van der Waals surface area (Å²) in [6.07, 6.45) is 18.1. The number of piperidine rings is 1. The van der Waals surface area contributed by atoms with Crippen LogP contribution in [0.3, 0.4) is 0 Å². The normalized spacial score (nSPS) is 23.3. The lowest BCUT2D eigenvalue weighted by Gasteiger charge is -2.31. The number of benzene rings is 1. The third-order valence-corrected chi connectivity index (χ3v) is 7.28. The highest BCUT2D eigenvalue weighted by molar-refractivity contribution is 5.82. The van der Waals surface area contributed by atoms with Crippen LogP contribution < -0.4 is 16.0 Å². The second-order valence-corrected chi connectivity index (χ2v) is 9.71. The Morgan fingerprint density at radius 1 is 1.15 bits per heavy atom. The van der Waals surface area contributed by atoms with E-state index >= 15 is 0 Å². The molecular weight excluding hydrogens is 408 g/mol. The summed E-state index contributed by atoms with van der Waals surface area (Å²) >= 11 is 0. The molecule has 2 fully saturated rings. The van der Waals surface area contributed by atoms with E-state index in [0.717, 1.165) is 42.5 Å². The molecule has 0 bridgehead atoms. The van der Waals surface area contributed by atoms with Gasteiger partial charge in [0.25, 0.3) is 0 Å². The second-order valence-electron chi connectivity index (χ2n) is 9.71. The maximum atomic E-state index is 5.63. The lowest BCUT2D eigenvalue weighted by Crippen LogP contribution is -2.38. The molecule has 0 spiro atoms. The minimum atomic E-state index is 0.119. The fourth-order valence-corrected chi connectivity index (χ4v) is 5.31. The van der Waals surface area contributed by atoms with Crippen molar-refractivity contribution in [3.8, 4) is 0 Å². The van der Waals surface area contributed by atoms with E-state index in [1.807, 2.05) is 18.6 Å². The summed E-state index contributed by atoms with van der Waals surface area (Å²) in [5.41, 5.74) is 11.5. The van der Waals surface area contributed by atoms with Crippen LogP contribution in [0.5, 0.6) is 0 Å². The summed E-state index contributed by atoms with van der Waals surface area (Å²) < 4.78 is 0. The molecule has 1 atom stereocenters. The van der Waals surface area contributed by atoms with Crippen LogP contribution in [-0.2, 0) is 6.42 Å². The summed E-state index contributed by atoms with van der Waals surface area (Å²) in [4.78, 5) is 16.5. The molecule has 178 valence electrons. The van der Waals surface area contributed by atoms with Crippen molar-refractivity contribution in [3.05, 3.63) is 41.9 Å². The van der Waals surface area contributed by atoms with Gasteiger partial charge in [0, 0.05) is 43.4 Å². The zero-order chi connectivity index (χ0) is 23.0. The monoisotopic (exact) mass is 448 g/mol. The number of nitrogens with one attached hydrogen (secondary N) is 1. The summed E-state index contributed by atoms with van der Waals surface area (Å²) in [6, 6.07) is 5.18. The number of aliphatic imine (C=N–C) groups is 1. The van der Waals surface area contributed by atoms with E-state index in [-0.39, 0.29) is 6.17 Å². The SMILES string of the molecule is CC/C(C=NC(C)NC1CCC(Cc2cc(N3CCCCC3)cc3nccnc23)CC1)=C/N. The molecule has 1 aromatic carbocycles. The molecule has 0 radical (unpaired) electrons. The number of hydrogen-bond acceptors (Lipinski definition) is 6. The average molecular weight is 449 g/mol. The third kappa shape index (κ3) is 6.32. The topological polar surface area (TPSA) is 79.4 Å². The van der Waals surface area contributed by atoms with E-state index in [2.05, 4.69) is 46.2 Å². The number of allylic oxidation sites excluding steroid dienone is 1. The van der Waals surface area contributed by atoms with Crippen LogP contribution in [0.25, 0.3) is 11.0 Å². The summed E-state index contributed by atoms with van der Waals surface area (Å²) in [5.74, 6) is 0.704. The number of rotatable bonds is 8. The van der Waals surface area contributed by atoms with Gasteiger partial charge in [0.05, 0.1) is 17.2 Å². The fraction of sp³-hybridized carbons (Fsp3) is 0.593. The maximum absolute atomic E-state index is 5.63. The van der Waals surface area contributed by atoms with E-state index in [1.165, 1.54) is 56.2 Å². The molecule has 1 aliphatic carbocycles.